The van der Waals surface area contributed by atoms with Crippen LogP contribution in [0.3, 0.4) is 0 Å². The van der Waals surface area contributed by atoms with Gasteiger partial charge in [-0.05, 0) is 31.0 Å². The first-order valence-electron chi connectivity index (χ1n) is 5.89. The molecule has 88 valence electrons. The van der Waals surface area contributed by atoms with E-state index in [9.17, 15) is 5.11 Å². The highest BCUT2D eigenvalue weighted by Crippen LogP contribution is 2.31. The summed E-state index contributed by atoms with van der Waals surface area (Å²) in [5.74, 6) is 0. The van der Waals surface area contributed by atoms with Crippen molar-refractivity contribution in [3.8, 4) is 0 Å². The van der Waals surface area contributed by atoms with Crippen LogP contribution in [-0.4, -0.2) is 17.3 Å². The second kappa shape index (κ2) is 5.07. The number of hydrogen-bond donors (Lipinski definition) is 2. The minimum absolute atomic E-state index is 0.136. The van der Waals surface area contributed by atoms with Crippen molar-refractivity contribution < 1.29 is 5.11 Å². The van der Waals surface area contributed by atoms with E-state index in [0.717, 1.165) is 23.6 Å². The SMILES string of the molecule is OCC1(Nc2cccc(Cl)c2)CCCCC1. The number of benzene rings is 1. The Kier molecular flexibility index (Phi) is 3.72. The van der Waals surface area contributed by atoms with Gasteiger partial charge < -0.3 is 10.4 Å². The van der Waals surface area contributed by atoms with Gasteiger partial charge in [-0.2, -0.15) is 0 Å². The van der Waals surface area contributed by atoms with E-state index in [1.54, 1.807) is 0 Å². The highest BCUT2D eigenvalue weighted by atomic mass is 35.5. The summed E-state index contributed by atoms with van der Waals surface area (Å²) in [6, 6.07) is 7.70. The molecule has 1 aliphatic rings. The minimum Gasteiger partial charge on any atom is -0.394 e. The molecule has 0 unspecified atom stereocenters. The number of anilines is 1. The van der Waals surface area contributed by atoms with Crippen molar-refractivity contribution in [3.05, 3.63) is 29.3 Å². The van der Waals surface area contributed by atoms with E-state index in [4.69, 9.17) is 11.6 Å². The van der Waals surface area contributed by atoms with Gasteiger partial charge in [0.15, 0.2) is 0 Å². The topological polar surface area (TPSA) is 32.3 Å². The van der Waals surface area contributed by atoms with E-state index < -0.39 is 0 Å². The van der Waals surface area contributed by atoms with Crippen LogP contribution in [0.15, 0.2) is 24.3 Å². The van der Waals surface area contributed by atoms with Gasteiger partial charge in [-0.1, -0.05) is 36.9 Å². The molecule has 1 saturated carbocycles. The highest BCUT2D eigenvalue weighted by molar-refractivity contribution is 6.30. The van der Waals surface area contributed by atoms with Crippen LogP contribution in [-0.2, 0) is 0 Å². The van der Waals surface area contributed by atoms with Crippen LogP contribution >= 0.6 is 11.6 Å². The Labute approximate surface area is 102 Å². The zero-order valence-corrected chi connectivity index (χ0v) is 10.1. The van der Waals surface area contributed by atoms with Crippen molar-refractivity contribution >= 4 is 17.3 Å². The van der Waals surface area contributed by atoms with Crippen molar-refractivity contribution in [2.24, 2.45) is 0 Å². The summed E-state index contributed by atoms with van der Waals surface area (Å²) in [4.78, 5) is 0. The summed E-state index contributed by atoms with van der Waals surface area (Å²) >= 11 is 5.95. The maximum atomic E-state index is 9.58. The van der Waals surface area contributed by atoms with Crippen LogP contribution in [0, 0.1) is 0 Å². The van der Waals surface area contributed by atoms with Crippen LogP contribution in [0.1, 0.15) is 32.1 Å². The second-order valence-corrected chi connectivity index (χ2v) is 5.07. The van der Waals surface area contributed by atoms with Crippen molar-refractivity contribution in [1.82, 2.24) is 0 Å². The lowest BCUT2D eigenvalue weighted by molar-refractivity contribution is 0.173. The lowest BCUT2D eigenvalue weighted by Gasteiger charge is -2.37. The van der Waals surface area contributed by atoms with Gasteiger partial charge in [0.25, 0.3) is 0 Å². The average molecular weight is 240 g/mol. The van der Waals surface area contributed by atoms with Gasteiger partial charge in [-0.3, -0.25) is 0 Å². The number of aliphatic hydroxyl groups excluding tert-OH is 1. The third kappa shape index (κ3) is 2.69. The zero-order chi connectivity index (χ0) is 11.4. The fraction of sp³-hybridized carbons (Fsp3) is 0.538. The van der Waals surface area contributed by atoms with Crippen molar-refractivity contribution in [1.29, 1.82) is 0 Å². The Morgan fingerprint density at radius 2 is 2.00 bits per heavy atom. The smallest absolute Gasteiger partial charge is 0.0661 e. The zero-order valence-electron chi connectivity index (χ0n) is 9.38. The van der Waals surface area contributed by atoms with Crippen molar-refractivity contribution in [3.63, 3.8) is 0 Å². The van der Waals surface area contributed by atoms with Crippen molar-refractivity contribution in [2.75, 3.05) is 11.9 Å². The largest absolute Gasteiger partial charge is 0.394 e. The standard InChI is InChI=1S/C13H18ClNO/c14-11-5-4-6-12(9-11)15-13(10-16)7-2-1-3-8-13/h4-6,9,15-16H,1-3,7-8,10H2. The van der Waals surface area contributed by atoms with Gasteiger partial charge >= 0.3 is 0 Å². The molecule has 2 nitrogen and oxygen atoms in total. The van der Waals surface area contributed by atoms with E-state index >= 15 is 0 Å². The number of halogens is 1. The highest BCUT2D eigenvalue weighted by Gasteiger charge is 2.30. The van der Waals surface area contributed by atoms with Gasteiger partial charge in [0, 0.05) is 10.7 Å². The van der Waals surface area contributed by atoms with E-state index in [1.807, 2.05) is 24.3 Å². The Morgan fingerprint density at radius 1 is 1.25 bits per heavy atom. The van der Waals surface area contributed by atoms with Gasteiger partial charge in [-0.15, -0.1) is 0 Å². The molecule has 0 spiro atoms. The summed E-state index contributed by atoms with van der Waals surface area (Å²) in [6.45, 7) is 0.194. The monoisotopic (exact) mass is 239 g/mol. The van der Waals surface area contributed by atoms with Crippen molar-refractivity contribution in [2.45, 2.75) is 37.6 Å². The predicted octanol–water partition coefficient (Wildman–Crippen LogP) is 3.45. The molecule has 0 heterocycles. The molecule has 2 N–H and O–H groups in total. The number of aliphatic hydroxyl groups is 1. The summed E-state index contributed by atoms with van der Waals surface area (Å²) in [5, 5.41) is 13.8. The first-order valence-corrected chi connectivity index (χ1v) is 6.27. The molecule has 0 radical (unpaired) electrons. The normalized spacial score (nSPS) is 19.4. The number of nitrogens with one attached hydrogen (secondary N) is 1. The predicted molar refractivity (Wildman–Crippen MR) is 68.0 cm³/mol. The van der Waals surface area contributed by atoms with Gasteiger partial charge in [0.1, 0.15) is 0 Å². The van der Waals surface area contributed by atoms with Crippen LogP contribution in [0.2, 0.25) is 5.02 Å². The quantitative estimate of drug-likeness (QED) is 0.847. The van der Waals surface area contributed by atoms with Gasteiger partial charge in [0.05, 0.1) is 12.1 Å². The molecule has 16 heavy (non-hydrogen) atoms. The molecule has 2 rings (SSSR count). The third-order valence-corrected chi connectivity index (χ3v) is 3.58. The lowest BCUT2D eigenvalue weighted by atomic mass is 9.82. The Balaban J connectivity index is 2.11. The molecular formula is C13H18ClNO. The molecule has 0 amide bonds. The minimum atomic E-state index is -0.136. The molecule has 1 aromatic carbocycles. The fourth-order valence-corrected chi connectivity index (χ4v) is 2.61. The average Bonchev–Trinajstić information content (AvgIpc) is 2.30. The third-order valence-electron chi connectivity index (χ3n) is 3.35. The van der Waals surface area contributed by atoms with E-state index in [1.165, 1.54) is 19.3 Å². The van der Waals surface area contributed by atoms with E-state index in [2.05, 4.69) is 5.32 Å². The second-order valence-electron chi connectivity index (χ2n) is 4.63. The summed E-state index contributed by atoms with van der Waals surface area (Å²) in [7, 11) is 0. The van der Waals surface area contributed by atoms with Gasteiger partial charge in [-0.25, -0.2) is 0 Å². The van der Waals surface area contributed by atoms with Crippen LogP contribution in [0.4, 0.5) is 5.69 Å². The molecule has 3 heteroatoms. The van der Waals surface area contributed by atoms with Crippen LogP contribution in [0.5, 0.6) is 0 Å². The Hall–Kier alpha value is -0.730. The molecule has 0 aromatic heterocycles. The van der Waals surface area contributed by atoms with Gasteiger partial charge in [0.2, 0.25) is 0 Å². The van der Waals surface area contributed by atoms with Crippen LogP contribution < -0.4 is 5.32 Å². The number of rotatable bonds is 3. The lowest BCUT2D eigenvalue weighted by Crippen LogP contribution is -2.43. The summed E-state index contributed by atoms with van der Waals surface area (Å²) < 4.78 is 0. The molecule has 0 saturated heterocycles. The molecule has 0 atom stereocenters. The maximum Gasteiger partial charge on any atom is 0.0661 e. The molecule has 1 aromatic rings. The molecule has 0 aliphatic heterocycles. The van der Waals surface area contributed by atoms with Crippen LogP contribution in [0.25, 0.3) is 0 Å². The first kappa shape index (κ1) is 11.7. The summed E-state index contributed by atoms with van der Waals surface area (Å²) in [6.07, 6.45) is 5.73. The summed E-state index contributed by atoms with van der Waals surface area (Å²) in [5.41, 5.74) is 0.867. The number of hydrogen-bond acceptors (Lipinski definition) is 2. The van der Waals surface area contributed by atoms with E-state index in [0.29, 0.717) is 0 Å². The maximum absolute atomic E-state index is 9.58. The molecule has 0 bridgehead atoms. The first-order chi connectivity index (χ1) is 7.74. The molecular weight excluding hydrogens is 222 g/mol. The molecule has 1 fully saturated rings. The fourth-order valence-electron chi connectivity index (χ4n) is 2.42. The Morgan fingerprint density at radius 3 is 2.62 bits per heavy atom. The molecule has 1 aliphatic carbocycles. The van der Waals surface area contributed by atoms with E-state index in [-0.39, 0.29) is 12.1 Å². The Bertz CT molecular complexity index is 348.